The highest BCUT2D eigenvalue weighted by atomic mass is 35.5. The Morgan fingerprint density at radius 2 is 1.80 bits per heavy atom. The van der Waals surface area contributed by atoms with E-state index in [4.69, 9.17) is 21.1 Å². The topological polar surface area (TPSA) is 88.9 Å². The summed E-state index contributed by atoms with van der Waals surface area (Å²) >= 11 is 6.11. The normalized spacial score (nSPS) is 29.3. The standard InChI is InChI=1S/C25H19ClF3NO5/c1-34-21(31)19-18(13-5-3-2-4-6-13)24(14-7-9-15(10-8-14)25(27,28)29)22(32)23(19,33)20-17(35-24)11-16(26)12-30-20/h2-12,18-19,22,32-33H,1H3/t18?,19-,22?,23+,24?/m0/s1. The Morgan fingerprint density at radius 3 is 2.40 bits per heavy atom. The fraction of sp³-hybridized carbons (Fsp3) is 0.280. The van der Waals surface area contributed by atoms with E-state index in [0.29, 0.717) is 5.56 Å². The molecule has 2 N–H and O–H groups in total. The number of aliphatic hydroxyl groups excluding tert-OH is 1. The zero-order valence-corrected chi connectivity index (χ0v) is 18.9. The van der Waals surface area contributed by atoms with Crippen molar-refractivity contribution < 1.29 is 37.7 Å². The summed E-state index contributed by atoms with van der Waals surface area (Å²) in [6.45, 7) is 0. The minimum absolute atomic E-state index is 0.00229. The van der Waals surface area contributed by atoms with Crippen LogP contribution in [0.1, 0.15) is 28.3 Å². The number of hydrogen-bond acceptors (Lipinski definition) is 6. The van der Waals surface area contributed by atoms with E-state index in [9.17, 15) is 28.2 Å². The molecular weight excluding hydrogens is 487 g/mol. The Kier molecular flexibility index (Phi) is 5.35. The van der Waals surface area contributed by atoms with Gasteiger partial charge in [-0.3, -0.25) is 9.78 Å². The Labute approximate surface area is 202 Å². The molecule has 3 unspecified atom stereocenters. The number of rotatable bonds is 3. The van der Waals surface area contributed by atoms with Gasteiger partial charge in [-0.25, -0.2) is 0 Å². The van der Waals surface area contributed by atoms with E-state index in [1.54, 1.807) is 30.3 Å². The summed E-state index contributed by atoms with van der Waals surface area (Å²) in [6, 6.07) is 13.9. The molecule has 5 rings (SSSR count). The predicted molar refractivity (Wildman–Crippen MR) is 118 cm³/mol. The molecule has 10 heteroatoms. The monoisotopic (exact) mass is 505 g/mol. The highest BCUT2D eigenvalue weighted by Gasteiger charge is 2.76. The fourth-order valence-corrected chi connectivity index (χ4v) is 5.55. The van der Waals surface area contributed by atoms with Gasteiger partial charge in [-0.05, 0) is 23.3 Å². The third kappa shape index (κ3) is 3.26. The van der Waals surface area contributed by atoms with E-state index in [0.717, 1.165) is 19.2 Å². The van der Waals surface area contributed by atoms with Crippen molar-refractivity contribution in [3.05, 3.63) is 94.3 Å². The second-order valence-electron chi connectivity index (χ2n) is 8.59. The van der Waals surface area contributed by atoms with Crippen LogP contribution in [0.2, 0.25) is 5.02 Å². The van der Waals surface area contributed by atoms with Crippen LogP contribution in [0.5, 0.6) is 5.75 Å². The van der Waals surface area contributed by atoms with Crippen LogP contribution in [-0.4, -0.2) is 34.4 Å². The molecule has 2 heterocycles. The molecule has 1 fully saturated rings. The number of alkyl halides is 3. The number of aromatic nitrogens is 1. The van der Waals surface area contributed by atoms with Gasteiger partial charge in [0.1, 0.15) is 23.5 Å². The summed E-state index contributed by atoms with van der Waals surface area (Å²) in [5.74, 6) is -3.33. The lowest BCUT2D eigenvalue weighted by Gasteiger charge is -2.44. The molecule has 2 aromatic carbocycles. The van der Waals surface area contributed by atoms with E-state index in [2.05, 4.69) is 4.98 Å². The van der Waals surface area contributed by atoms with Crippen molar-refractivity contribution in [3.63, 3.8) is 0 Å². The van der Waals surface area contributed by atoms with Crippen LogP contribution in [0.25, 0.3) is 0 Å². The number of benzene rings is 2. The summed E-state index contributed by atoms with van der Waals surface area (Å²) in [5, 5.41) is 23.9. The zero-order valence-electron chi connectivity index (χ0n) is 18.2. The Balaban J connectivity index is 1.84. The first-order valence-electron chi connectivity index (χ1n) is 10.6. The SMILES string of the molecule is COC(=O)[C@@H]1C(c2ccccc2)C2(c3ccc(C(F)(F)F)cc3)Oc3cc(Cl)cnc3[C@@]1(O)C2O. The van der Waals surface area contributed by atoms with Crippen molar-refractivity contribution in [2.75, 3.05) is 7.11 Å². The van der Waals surface area contributed by atoms with Crippen LogP contribution < -0.4 is 4.74 Å². The molecule has 35 heavy (non-hydrogen) atoms. The summed E-state index contributed by atoms with van der Waals surface area (Å²) in [5.41, 5.74) is -4.57. The van der Waals surface area contributed by atoms with Gasteiger partial charge in [0.05, 0.1) is 17.7 Å². The van der Waals surface area contributed by atoms with Crippen molar-refractivity contribution in [1.82, 2.24) is 4.98 Å². The lowest BCUT2D eigenvalue weighted by Crippen LogP contribution is -2.55. The van der Waals surface area contributed by atoms with Crippen LogP contribution in [0, 0.1) is 5.92 Å². The molecule has 0 spiro atoms. The van der Waals surface area contributed by atoms with E-state index in [1.165, 1.54) is 24.4 Å². The molecule has 6 nitrogen and oxygen atoms in total. The van der Waals surface area contributed by atoms with Gasteiger partial charge < -0.3 is 19.7 Å². The second kappa shape index (κ2) is 7.94. The molecule has 2 aliphatic rings. The summed E-state index contributed by atoms with van der Waals surface area (Å²) in [6.07, 6.45) is -5.15. The quantitative estimate of drug-likeness (QED) is 0.519. The van der Waals surface area contributed by atoms with Gasteiger partial charge in [0.15, 0.2) is 11.2 Å². The number of fused-ring (bicyclic) bond motifs is 4. The summed E-state index contributed by atoms with van der Waals surface area (Å²) in [4.78, 5) is 17.3. The van der Waals surface area contributed by atoms with Crippen molar-refractivity contribution in [1.29, 1.82) is 0 Å². The van der Waals surface area contributed by atoms with Gasteiger partial charge >= 0.3 is 12.1 Å². The maximum Gasteiger partial charge on any atom is 0.416 e. The van der Waals surface area contributed by atoms with Gasteiger partial charge in [-0.2, -0.15) is 13.2 Å². The average Bonchev–Trinajstić information content (AvgIpc) is 2.97. The number of carbonyl (C=O) groups excluding carboxylic acids is 1. The lowest BCUT2D eigenvalue weighted by molar-refractivity contribution is -0.173. The number of nitrogens with zero attached hydrogens (tertiary/aromatic N) is 1. The third-order valence-electron chi connectivity index (χ3n) is 6.85. The van der Waals surface area contributed by atoms with Gasteiger partial charge in [-0.15, -0.1) is 0 Å². The molecular formula is C25H19ClF3NO5. The number of carbonyl (C=O) groups is 1. The van der Waals surface area contributed by atoms with Crippen molar-refractivity contribution in [2.45, 2.75) is 29.4 Å². The molecule has 1 aromatic heterocycles. The number of ether oxygens (including phenoxy) is 2. The Bertz CT molecular complexity index is 1290. The smallest absolute Gasteiger partial charge is 0.416 e. The first-order chi connectivity index (χ1) is 16.5. The van der Waals surface area contributed by atoms with Crippen molar-refractivity contribution in [2.24, 2.45) is 5.92 Å². The maximum atomic E-state index is 13.3. The zero-order chi connectivity index (χ0) is 25.2. The molecule has 1 aliphatic heterocycles. The van der Waals surface area contributed by atoms with Gasteiger partial charge in [0.25, 0.3) is 0 Å². The van der Waals surface area contributed by atoms with Gasteiger partial charge in [0, 0.05) is 18.2 Å². The number of halogens is 4. The summed E-state index contributed by atoms with van der Waals surface area (Å²) in [7, 11) is 1.14. The molecule has 3 aromatic rings. The molecule has 2 bridgehead atoms. The fourth-order valence-electron chi connectivity index (χ4n) is 5.41. The first-order valence-corrected chi connectivity index (χ1v) is 11.0. The predicted octanol–water partition coefficient (Wildman–Crippen LogP) is 4.18. The van der Waals surface area contributed by atoms with Crippen molar-refractivity contribution >= 4 is 17.6 Å². The number of hydrogen-bond donors (Lipinski definition) is 2. The summed E-state index contributed by atoms with van der Waals surface area (Å²) < 4.78 is 51.2. The van der Waals surface area contributed by atoms with Crippen LogP contribution >= 0.6 is 11.6 Å². The molecule has 1 aliphatic carbocycles. The van der Waals surface area contributed by atoms with Crippen LogP contribution in [-0.2, 0) is 26.9 Å². The van der Waals surface area contributed by atoms with Gasteiger partial charge in [0.2, 0.25) is 0 Å². The lowest BCUT2D eigenvalue weighted by atomic mass is 9.75. The molecule has 0 saturated heterocycles. The van der Waals surface area contributed by atoms with Crippen LogP contribution in [0.3, 0.4) is 0 Å². The number of aliphatic hydroxyl groups is 2. The van der Waals surface area contributed by atoms with E-state index in [1.807, 2.05) is 0 Å². The maximum absolute atomic E-state index is 13.3. The van der Waals surface area contributed by atoms with Crippen LogP contribution in [0.15, 0.2) is 66.9 Å². The highest BCUT2D eigenvalue weighted by Crippen LogP contribution is 2.66. The molecule has 1 saturated carbocycles. The van der Waals surface area contributed by atoms with Crippen molar-refractivity contribution in [3.8, 4) is 5.75 Å². The van der Waals surface area contributed by atoms with E-state index >= 15 is 0 Å². The number of methoxy groups -OCH3 is 1. The molecule has 0 amide bonds. The molecule has 5 atom stereocenters. The third-order valence-corrected chi connectivity index (χ3v) is 7.05. The number of pyridine rings is 1. The molecule has 182 valence electrons. The Morgan fingerprint density at radius 1 is 1.14 bits per heavy atom. The second-order valence-corrected chi connectivity index (χ2v) is 9.02. The minimum atomic E-state index is -4.59. The minimum Gasteiger partial charge on any atom is -0.477 e. The highest BCUT2D eigenvalue weighted by molar-refractivity contribution is 6.30. The van der Waals surface area contributed by atoms with E-state index in [-0.39, 0.29) is 22.0 Å². The van der Waals surface area contributed by atoms with Gasteiger partial charge in [-0.1, -0.05) is 54.1 Å². The van der Waals surface area contributed by atoms with Crippen LogP contribution in [0.4, 0.5) is 13.2 Å². The first kappa shape index (κ1) is 23.6. The largest absolute Gasteiger partial charge is 0.477 e. The number of esters is 1. The average molecular weight is 506 g/mol. The van der Waals surface area contributed by atoms with E-state index < -0.39 is 46.9 Å². The molecule has 0 radical (unpaired) electrons. The Hall–Kier alpha value is -3.14.